The SMILES string of the molecule is COC1[C@@H](CO)O[C@@H](OC)[C@H]1OB1OCc2ccc(Sc3ccccc3)cc21. The van der Waals surface area contributed by atoms with Crippen molar-refractivity contribution in [2.45, 2.75) is 41.0 Å². The summed E-state index contributed by atoms with van der Waals surface area (Å²) in [6.45, 7) is 0.320. The summed E-state index contributed by atoms with van der Waals surface area (Å²) in [5.41, 5.74) is 2.10. The van der Waals surface area contributed by atoms with Crippen LogP contribution in [0.4, 0.5) is 0 Å². The molecule has 0 aliphatic carbocycles. The molecule has 6 nitrogen and oxygen atoms in total. The van der Waals surface area contributed by atoms with Crippen LogP contribution in [0, 0.1) is 0 Å². The molecule has 28 heavy (non-hydrogen) atoms. The van der Waals surface area contributed by atoms with Crippen LogP contribution >= 0.6 is 11.8 Å². The maximum Gasteiger partial charge on any atom is 0.494 e. The van der Waals surface area contributed by atoms with Crippen LogP contribution in [0.25, 0.3) is 0 Å². The summed E-state index contributed by atoms with van der Waals surface area (Å²) in [5.74, 6) is 0. The monoisotopic (exact) mass is 402 g/mol. The number of hydrogen-bond acceptors (Lipinski definition) is 7. The van der Waals surface area contributed by atoms with Crippen molar-refractivity contribution in [3.05, 3.63) is 54.1 Å². The molecule has 4 rings (SSSR count). The summed E-state index contributed by atoms with van der Waals surface area (Å²) in [5, 5.41) is 9.54. The second-order valence-corrected chi connectivity index (χ2v) is 7.83. The minimum Gasteiger partial charge on any atom is -0.403 e. The van der Waals surface area contributed by atoms with Crippen LogP contribution in [0.5, 0.6) is 0 Å². The molecule has 8 heteroatoms. The Kier molecular flexibility index (Phi) is 6.37. The number of rotatable bonds is 7. The molecule has 0 radical (unpaired) electrons. The van der Waals surface area contributed by atoms with Gasteiger partial charge in [-0.05, 0) is 35.3 Å². The predicted octanol–water partition coefficient (Wildman–Crippen LogP) is 1.83. The molecule has 4 atom stereocenters. The van der Waals surface area contributed by atoms with Gasteiger partial charge in [0.1, 0.15) is 18.3 Å². The maximum absolute atomic E-state index is 9.54. The number of hydrogen-bond donors (Lipinski definition) is 1. The van der Waals surface area contributed by atoms with Crippen molar-refractivity contribution in [1.29, 1.82) is 0 Å². The minimum absolute atomic E-state index is 0.168. The summed E-state index contributed by atoms with van der Waals surface area (Å²) in [4.78, 5) is 2.29. The Hall–Kier alpha value is -1.39. The molecule has 0 amide bonds. The average molecular weight is 402 g/mol. The van der Waals surface area contributed by atoms with Crippen LogP contribution in [0.3, 0.4) is 0 Å². The smallest absolute Gasteiger partial charge is 0.403 e. The Morgan fingerprint density at radius 2 is 1.89 bits per heavy atom. The molecule has 1 N–H and O–H groups in total. The maximum atomic E-state index is 9.54. The lowest BCUT2D eigenvalue weighted by molar-refractivity contribution is -0.150. The van der Waals surface area contributed by atoms with Gasteiger partial charge in [0, 0.05) is 24.0 Å². The van der Waals surface area contributed by atoms with Gasteiger partial charge in [-0.3, -0.25) is 0 Å². The van der Waals surface area contributed by atoms with Crippen molar-refractivity contribution in [3.63, 3.8) is 0 Å². The third-order valence-electron chi connectivity index (χ3n) is 4.97. The zero-order valence-electron chi connectivity index (χ0n) is 15.8. The second kappa shape index (κ2) is 8.96. The molecule has 1 saturated heterocycles. The number of methoxy groups -OCH3 is 2. The van der Waals surface area contributed by atoms with Crippen molar-refractivity contribution in [3.8, 4) is 0 Å². The van der Waals surface area contributed by atoms with Gasteiger partial charge in [0.2, 0.25) is 0 Å². The van der Waals surface area contributed by atoms with Gasteiger partial charge < -0.3 is 28.6 Å². The van der Waals surface area contributed by atoms with Gasteiger partial charge in [0.05, 0.1) is 13.2 Å². The first-order chi connectivity index (χ1) is 13.7. The van der Waals surface area contributed by atoms with Gasteiger partial charge in [-0.2, -0.15) is 0 Å². The van der Waals surface area contributed by atoms with Crippen molar-refractivity contribution in [1.82, 2.24) is 0 Å². The zero-order chi connectivity index (χ0) is 19.5. The van der Waals surface area contributed by atoms with Crippen LogP contribution < -0.4 is 5.46 Å². The third-order valence-corrected chi connectivity index (χ3v) is 5.97. The highest BCUT2D eigenvalue weighted by Gasteiger charge is 2.48. The van der Waals surface area contributed by atoms with E-state index in [0.29, 0.717) is 6.61 Å². The first kappa shape index (κ1) is 19.9. The Morgan fingerprint density at radius 1 is 1.07 bits per heavy atom. The molecule has 0 aromatic heterocycles. The molecule has 2 aromatic rings. The fourth-order valence-electron chi connectivity index (χ4n) is 3.58. The standard InChI is InChI=1S/C20H23BO6S/c1-23-18-17(11-22)26-20(24-2)19(18)27-21-16-10-15(9-8-13(16)12-25-21)28-14-6-4-3-5-7-14/h3-10,17-20,22H,11-12H2,1-2H3/t17-,18?,19+,20-/m1/s1. The van der Waals surface area contributed by atoms with E-state index < -0.39 is 31.7 Å². The molecule has 0 spiro atoms. The van der Waals surface area contributed by atoms with E-state index in [1.165, 1.54) is 4.90 Å². The van der Waals surface area contributed by atoms with E-state index in [1.807, 2.05) is 18.2 Å². The second-order valence-electron chi connectivity index (χ2n) is 6.68. The largest absolute Gasteiger partial charge is 0.494 e. The molecule has 2 aliphatic heterocycles. The summed E-state index contributed by atoms with van der Waals surface area (Å²) >= 11 is 1.69. The fraction of sp³-hybridized carbons (Fsp3) is 0.400. The van der Waals surface area contributed by atoms with E-state index in [4.69, 9.17) is 23.5 Å². The molecule has 0 bridgehead atoms. The summed E-state index contributed by atoms with van der Waals surface area (Å²) < 4.78 is 28.7. The summed E-state index contributed by atoms with van der Waals surface area (Å²) in [6.07, 6.45) is -2.07. The third kappa shape index (κ3) is 4.00. The number of ether oxygens (including phenoxy) is 3. The summed E-state index contributed by atoms with van der Waals surface area (Å²) in [6, 6.07) is 16.5. The van der Waals surface area contributed by atoms with E-state index in [2.05, 4.69) is 30.3 Å². The van der Waals surface area contributed by atoms with E-state index in [9.17, 15) is 5.11 Å². The first-order valence-electron chi connectivity index (χ1n) is 9.18. The van der Waals surface area contributed by atoms with Crippen LogP contribution in [0.2, 0.25) is 0 Å². The average Bonchev–Trinajstić information content (AvgIpc) is 3.29. The lowest BCUT2D eigenvalue weighted by Crippen LogP contribution is -2.45. The Labute approximate surface area is 169 Å². The topological polar surface area (TPSA) is 66.4 Å². The van der Waals surface area contributed by atoms with Gasteiger partial charge in [-0.1, -0.05) is 36.0 Å². The highest BCUT2D eigenvalue weighted by Crippen LogP contribution is 2.30. The molecule has 2 aliphatic rings. The predicted molar refractivity (Wildman–Crippen MR) is 106 cm³/mol. The lowest BCUT2D eigenvalue weighted by atomic mass is 9.78. The van der Waals surface area contributed by atoms with E-state index in [-0.39, 0.29) is 6.61 Å². The minimum atomic E-state index is -0.628. The van der Waals surface area contributed by atoms with Gasteiger partial charge in [-0.15, -0.1) is 0 Å². The Bertz CT molecular complexity index is 792. The van der Waals surface area contributed by atoms with Crippen molar-refractivity contribution >= 4 is 24.3 Å². The van der Waals surface area contributed by atoms with Gasteiger partial charge in [0.15, 0.2) is 6.29 Å². The van der Waals surface area contributed by atoms with Crippen LogP contribution in [0.15, 0.2) is 58.3 Å². The summed E-state index contributed by atoms with van der Waals surface area (Å²) in [7, 11) is 2.59. The molecule has 2 aromatic carbocycles. The molecule has 1 fully saturated rings. The normalized spacial score (nSPS) is 26.6. The van der Waals surface area contributed by atoms with Crippen LogP contribution in [-0.2, 0) is 30.1 Å². The van der Waals surface area contributed by atoms with Crippen LogP contribution in [0.1, 0.15) is 5.56 Å². The van der Waals surface area contributed by atoms with E-state index >= 15 is 0 Å². The molecule has 148 valence electrons. The fourth-order valence-corrected chi connectivity index (χ4v) is 4.47. The van der Waals surface area contributed by atoms with Crippen molar-refractivity contribution in [2.75, 3.05) is 20.8 Å². The molecule has 2 heterocycles. The Balaban J connectivity index is 1.53. The van der Waals surface area contributed by atoms with Gasteiger partial charge in [0.25, 0.3) is 0 Å². The number of aliphatic hydroxyl groups excluding tert-OH is 1. The quantitative estimate of drug-likeness (QED) is 0.709. The zero-order valence-corrected chi connectivity index (χ0v) is 16.6. The van der Waals surface area contributed by atoms with Gasteiger partial charge >= 0.3 is 7.12 Å². The first-order valence-corrected chi connectivity index (χ1v) is 10.00. The van der Waals surface area contributed by atoms with E-state index in [1.54, 1.807) is 26.0 Å². The molecular formula is C20H23BO6S. The number of aliphatic hydroxyl groups is 1. The molecule has 0 saturated carbocycles. The number of benzene rings is 2. The lowest BCUT2D eigenvalue weighted by Gasteiger charge is -2.24. The van der Waals surface area contributed by atoms with Gasteiger partial charge in [-0.25, -0.2) is 0 Å². The Morgan fingerprint density at radius 3 is 2.61 bits per heavy atom. The highest BCUT2D eigenvalue weighted by atomic mass is 32.2. The molecular weight excluding hydrogens is 379 g/mol. The van der Waals surface area contributed by atoms with Crippen molar-refractivity contribution < 1.29 is 28.6 Å². The van der Waals surface area contributed by atoms with Crippen LogP contribution in [-0.4, -0.2) is 57.7 Å². The van der Waals surface area contributed by atoms with E-state index in [0.717, 1.165) is 15.9 Å². The molecule has 1 unspecified atom stereocenters. The van der Waals surface area contributed by atoms with Crippen molar-refractivity contribution in [2.24, 2.45) is 0 Å². The highest BCUT2D eigenvalue weighted by molar-refractivity contribution is 7.99. The number of fused-ring (bicyclic) bond motifs is 1.